The van der Waals surface area contributed by atoms with E-state index >= 15 is 0 Å². The van der Waals surface area contributed by atoms with E-state index in [-0.39, 0.29) is 4.32 Å². The summed E-state index contributed by atoms with van der Waals surface area (Å²) in [6.45, 7) is 6.97. The van der Waals surface area contributed by atoms with E-state index in [1.165, 1.54) is 76.2 Å². The Morgan fingerprint density at radius 2 is 1.39 bits per heavy atom. The SMILES string of the molecule is CCCCCCCCCCC(CCc1ccccc1)C(C)(C)Br. The van der Waals surface area contributed by atoms with Crippen LogP contribution in [-0.2, 0) is 6.42 Å². The molecule has 0 fully saturated rings. The van der Waals surface area contributed by atoms with Crippen molar-refractivity contribution in [2.75, 3.05) is 0 Å². The van der Waals surface area contributed by atoms with Gasteiger partial charge in [-0.2, -0.15) is 0 Å². The van der Waals surface area contributed by atoms with Crippen molar-refractivity contribution in [2.24, 2.45) is 5.92 Å². The molecule has 0 aliphatic rings. The van der Waals surface area contributed by atoms with Crippen molar-refractivity contribution in [3.63, 3.8) is 0 Å². The van der Waals surface area contributed by atoms with E-state index < -0.39 is 0 Å². The van der Waals surface area contributed by atoms with Gasteiger partial charge in [-0.15, -0.1) is 0 Å². The molecule has 1 aromatic carbocycles. The smallest absolute Gasteiger partial charge is 0.0230 e. The minimum atomic E-state index is 0.253. The first-order valence-electron chi connectivity index (χ1n) is 9.77. The normalized spacial score (nSPS) is 13.2. The predicted octanol–water partition coefficient (Wildman–Crippen LogP) is 7.94. The van der Waals surface area contributed by atoms with Gasteiger partial charge in [0.05, 0.1) is 0 Å². The molecule has 23 heavy (non-hydrogen) atoms. The molecule has 0 aromatic heterocycles. The summed E-state index contributed by atoms with van der Waals surface area (Å²) in [5.74, 6) is 0.766. The van der Waals surface area contributed by atoms with Crippen LogP contribution in [0.2, 0.25) is 0 Å². The van der Waals surface area contributed by atoms with Gasteiger partial charge in [0.15, 0.2) is 0 Å². The van der Waals surface area contributed by atoms with Crippen molar-refractivity contribution < 1.29 is 0 Å². The summed E-state index contributed by atoms with van der Waals surface area (Å²) >= 11 is 3.93. The number of hydrogen-bond donors (Lipinski definition) is 0. The highest BCUT2D eigenvalue weighted by molar-refractivity contribution is 9.10. The van der Waals surface area contributed by atoms with E-state index in [1.54, 1.807) is 0 Å². The predicted molar refractivity (Wildman–Crippen MR) is 108 cm³/mol. The third-order valence-electron chi connectivity index (χ3n) is 5.00. The first kappa shape index (κ1) is 20.7. The summed E-state index contributed by atoms with van der Waals surface area (Å²) in [5.41, 5.74) is 1.48. The lowest BCUT2D eigenvalue weighted by molar-refractivity contribution is 0.359. The summed E-state index contributed by atoms with van der Waals surface area (Å²) in [6.07, 6.45) is 15.2. The average Bonchev–Trinajstić information content (AvgIpc) is 2.52. The lowest BCUT2D eigenvalue weighted by Crippen LogP contribution is -2.24. The minimum absolute atomic E-state index is 0.253. The fourth-order valence-corrected chi connectivity index (χ4v) is 3.80. The molecule has 0 bridgehead atoms. The van der Waals surface area contributed by atoms with Crippen LogP contribution in [0.3, 0.4) is 0 Å². The fourth-order valence-electron chi connectivity index (χ4n) is 3.34. The highest BCUT2D eigenvalue weighted by Gasteiger charge is 2.25. The van der Waals surface area contributed by atoms with Gasteiger partial charge >= 0.3 is 0 Å². The fraction of sp³-hybridized carbons (Fsp3) is 0.727. The molecule has 0 saturated heterocycles. The zero-order valence-electron chi connectivity index (χ0n) is 15.6. The molecule has 0 heterocycles. The molecule has 0 aliphatic carbocycles. The molecule has 0 amide bonds. The Morgan fingerprint density at radius 1 is 0.826 bits per heavy atom. The number of hydrogen-bond acceptors (Lipinski definition) is 0. The van der Waals surface area contributed by atoms with Gasteiger partial charge < -0.3 is 0 Å². The van der Waals surface area contributed by atoms with E-state index in [2.05, 4.69) is 67.0 Å². The van der Waals surface area contributed by atoms with E-state index in [0.29, 0.717) is 0 Å². The van der Waals surface area contributed by atoms with Crippen LogP contribution in [0.5, 0.6) is 0 Å². The second kappa shape index (κ2) is 12.1. The van der Waals surface area contributed by atoms with Crippen molar-refractivity contribution in [3.05, 3.63) is 35.9 Å². The van der Waals surface area contributed by atoms with Crippen LogP contribution in [0.4, 0.5) is 0 Å². The number of halogens is 1. The molecule has 1 rings (SSSR count). The second-order valence-corrected chi connectivity index (χ2v) is 9.59. The van der Waals surface area contributed by atoms with Gasteiger partial charge in [-0.3, -0.25) is 0 Å². The molecule has 0 aliphatic heterocycles. The lowest BCUT2D eigenvalue weighted by Gasteiger charge is -2.29. The highest BCUT2D eigenvalue weighted by atomic mass is 79.9. The van der Waals surface area contributed by atoms with Crippen LogP contribution in [-0.4, -0.2) is 4.32 Å². The molecule has 0 N–H and O–H groups in total. The molecule has 0 nitrogen and oxygen atoms in total. The molecule has 1 unspecified atom stereocenters. The molecule has 132 valence electrons. The second-order valence-electron chi connectivity index (χ2n) is 7.55. The standard InChI is InChI=1S/C22H37Br/c1-4-5-6-7-8-9-10-14-17-21(22(2,3)23)19-18-20-15-12-11-13-16-20/h11-13,15-16,21H,4-10,14,17-19H2,1-3H3. The number of rotatable bonds is 13. The summed E-state index contributed by atoms with van der Waals surface area (Å²) in [5, 5.41) is 0. The Kier molecular flexibility index (Phi) is 10.9. The van der Waals surface area contributed by atoms with E-state index in [0.717, 1.165) is 5.92 Å². The number of alkyl halides is 1. The van der Waals surface area contributed by atoms with Crippen molar-refractivity contribution >= 4 is 15.9 Å². The minimum Gasteiger partial charge on any atom is -0.0856 e. The molecular formula is C22H37Br. The summed E-state index contributed by atoms with van der Waals surface area (Å²) < 4.78 is 0.253. The molecule has 1 atom stereocenters. The van der Waals surface area contributed by atoms with Gasteiger partial charge in [-0.1, -0.05) is 105 Å². The van der Waals surface area contributed by atoms with Crippen molar-refractivity contribution in [1.82, 2.24) is 0 Å². The van der Waals surface area contributed by atoms with Gasteiger partial charge in [0.2, 0.25) is 0 Å². The third kappa shape index (κ3) is 10.2. The average molecular weight is 381 g/mol. The Labute approximate surface area is 153 Å². The summed E-state index contributed by atoms with van der Waals surface area (Å²) in [7, 11) is 0. The summed E-state index contributed by atoms with van der Waals surface area (Å²) in [4.78, 5) is 0. The van der Waals surface area contributed by atoms with Crippen LogP contribution < -0.4 is 0 Å². The molecule has 1 aromatic rings. The topological polar surface area (TPSA) is 0 Å². The Bertz CT molecular complexity index is 377. The van der Waals surface area contributed by atoms with Crippen molar-refractivity contribution in [2.45, 2.75) is 95.7 Å². The van der Waals surface area contributed by atoms with Crippen LogP contribution in [0.1, 0.15) is 90.5 Å². The molecule has 0 spiro atoms. The number of benzene rings is 1. The van der Waals surface area contributed by atoms with Gasteiger partial charge in [-0.05, 0) is 44.6 Å². The van der Waals surface area contributed by atoms with Crippen LogP contribution in [0, 0.1) is 5.92 Å². The van der Waals surface area contributed by atoms with Crippen molar-refractivity contribution in [3.8, 4) is 0 Å². The number of aryl methyl sites for hydroxylation is 1. The lowest BCUT2D eigenvalue weighted by atomic mass is 9.85. The Balaban J connectivity index is 2.22. The molecule has 0 saturated carbocycles. The van der Waals surface area contributed by atoms with Crippen molar-refractivity contribution in [1.29, 1.82) is 0 Å². The first-order chi connectivity index (χ1) is 11.0. The third-order valence-corrected chi connectivity index (χ3v) is 5.65. The maximum absolute atomic E-state index is 3.93. The van der Waals surface area contributed by atoms with E-state index in [4.69, 9.17) is 0 Å². The van der Waals surface area contributed by atoms with E-state index in [1.807, 2.05) is 0 Å². The first-order valence-corrected chi connectivity index (χ1v) is 10.6. The monoisotopic (exact) mass is 380 g/mol. The maximum Gasteiger partial charge on any atom is 0.0230 e. The summed E-state index contributed by atoms with van der Waals surface area (Å²) in [6, 6.07) is 10.9. The largest absolute Gasteiger partial charge is 0.0856 e. The number of unbranched alkanes of at least 4 members (excludes halogenated alkanes) is 7. The zero-order chi connectivity index (χ0) is 17.0. The Morgan fingerprint density at radius 3 is 1.96 bits per heavy atom. The zero-order valence-corrected chi connectivity index (χ0v) is 17.2. The molecule has 0 radical (unpaired) electrons. The molecular weight excluding hydrogens is 344 g/mol. The highest BCUT2D eigenvalue weighted by Crippen LogP contribution is 2.34. The van der Waals surface area contributed by atoms with E-state index in [9.17, 15) is 0 Å². The van der Waals surface area contributed by atoms with Crippen LogP contribution >= 0.6 is 15.9 Å². The maximum atomic E-state index is 3.93. The molecule has 1 heteroatoms. The van der Waals surface area contributed by atoms with Gasteiger partial charge in [-0.25, -0.2) is 0 Å². The quantitative estimate of drug-likeness (QED) is 0.240. The van der Waals surface area contributed by atoms with Gasteiger partial charge in [0, 0.05) is 4.32 Å². The van der Waals surface area contributed by atoms with Gasteiger partial charge in [0.1, 0.15) is 0 Å². The van der Waals surface area contributed by atoms with Gasteiger partial charge in [0.25, 0.3) is 0 Å². The van der Waals surface area contributed by atoms with Crippen LogP contribution in [0.15, 0.2) is 30.3 Å². The Hall–Kier alpha value is -0.300. The van der Waals surface area contributed by atoms with Crippen LogP contribution in [0.25, 0.3) is 0 Å².